The Morgan fingerprint density at radius 1 is 1.17 bits per heavy atom. The van der Waals surface area contributed by atoms with E-state index >= 15 is 0 Å². The molecule has 0 saturated carbocycles. The van der Waals surface area contributed by atoms with Crippen molar-refractivity contribution in [1.82, 2.24) is 4.98 Å². The van der Waals surface area contributed by atoms with Crippen LogP contribution in [0.25, 0.3) is 10.6 Å². The summed E-state index contributed by atoms with van der Waals surface area (Å²) in [6.45, 7) is 4.31. The van der Waals surface area contributed by atoms with Crippen molar-refractivity contribution in [1.29, 1.82) is 0 Å². The van der Waals surface area contributed by atoms with E-state index < -0.39 is 0 Å². The minimum atomic E-state index is -0.0375. The zero-order valence-electron chi connectivity index (χ0n) is 13.1. The highest BCUT2D eigenvalue weighted by atomic mass is 32.1. The van der Waals surface area contributed by atoms with Gasteiger partial charge in [0.15, 0.2) is 0 Å². The second-order valence-corrected chi connectivity index (χ2v) is 7.30. The first kappa shape index (κ1) is 15.9. The molecular formula is C18H18N2OS2. The number of carbonyl (C=O) groups is 1. The van der Waals surface area contributed by atoms with Gasteiger partial charge in [-0.15, -0.1) is 11.3 Å². The van der Waals surface area contributed by atoms with Crippen LogP contribution in [0.2, 0.25) is 0 Å². The molecule has 3 aromatic rings. The number of carbonyl (C=O) groups excluding carboxylic acids is 1. The number of hydrogen-bond acceptors (Lipinski definition) is 4. The van der Waals surface area contributed by atoms with Crippen LogP contribution in [0.15, 0.2) is 46.5 Å². The van der Waals surface area contributed by atoms with Crippen LogP contribution in [0.5, 0.6) is 0 Å². The Morgan fingerprint density at radius 3 is 2.61 bits per heavy atom. The maximum atomic E-state index is 12.2. The smallest absolute Gasteiger partial charge is 0.230 e. The SMILES string of the molecule is CC(C)c1ccc(NC(=O)Cc2csc(-c3ccsc3)n2)cc1. The topological polar surface area (TPSA) is 42.0 Å². The number of anilines is 1. The molecule has 0 aliphatic heterocycles. The molecule has 1 N–H and O–H groups in total. The molecule has 0 saturated heterocycles. The summed E-state index contributed by atoms with van der Waals surface area (Å²) in [5.74, 6) is 0.453. The molecule has 3 nitrogen and oxygen atoms in total. The van der Waals surface area contributed by atoms with Crippen LogP contribution in [0, 0.1) is 0 Å². The number of amides is 1. The summed E-state index contributed by atoms with van der Waals surface area (Å²) in [5, 5.41) is 9.95. The quantitative estimate of drug-likeness (QED) is 0.694. The van der Waals surface area contributed by atoms with Gasteiger partial charge in [0, 0.05) is 22.0 Å². The van der Waals surface area contributed by atoms with E-state index in [0.29, 0.717) is 12.3 Å². The fourth-order valence-electron chi connectivity index (χ4n) is 2.23. The van der Waals surface area contributed by atoms with Crippen LogP contribution in [0.1, 0.15) is 31.0 Å². The largest absolute Gasteiger partial charge is 0.326 e. The van der Waals surface area contributed by atoms with E-state index in [1.165, 1.54) is 5.56 Å². The Labute approximate surface area is 144 Å². The summed E-state index contributed by atoms with van der Waals surface area (Å²) >= 11 is 3.23. The summed E-state index contributed by atoms with van der Waals surface area (Å²) in [6, 6.07) is 10.1. The van der Waals surface area contributed by atoms with Crippen molar-refractivity contribution >= 4 is 34.3 Å². The molecule has 0 aliphatic rings. The molecule has 0 aliphatic carbocycles. The Hall–Kier alpha value is -1.98. The Morgan fingerprint density at radius 2 is 1.96 bits per heavy atom. The van der Waals surface area contributed by atoms with Crippen molar-refractivity contribution in [2.75, 3.05) is 5.32 Å². The van der Waals surface area contributed by atoms with Crippen LogP contribution in [0.3, 0.4) is 0 Å². The second-order valence-electron chi connectivity index (χ2n) is 5.66. The fraction of sp³-hybridized carbons (Fsp3) is 0.222. The number of thiazole rings is 1. The highest BCUT2D eigenvalue weighted by molar-refractivity contribution is 7.14. The number of nitrogens with one attached hydrogen (secondary N) is 1. The third-order valence-electron chi connectivity index (χ3n) is 3.52. The lowest BCUT2D eigenvalue weighted by molar-refractivity contribution is -0.115. The van der Waals surface area contributed by atoms with Gasteiger partial charge in [0.1, 0.15) is 5.01 Å². The minimum absolute atomic E-state index is 0.0375. The van der Waals surface area contributed by atoms with Crippen LogP contribution in [0.4, 0.5) is 5.69 Å². The average molecular weight is 342 g/mol. The number of hydrogen-bond donors (Lipinski definition) is 1. The van der Waals surface area contributed by atoms with Crippen LogP contribution in [-0.4, -0.2) is 10.9 Å². The number of rotatable bonds is 5. The number of nitrogens with zero attached hydrogens (tertiary/aromatic N) is 1. The van der Waals surface area contributed by atoms with E-state index in [1.54, 1.807) is 22.7 Å². The summed E-state index contributed by atoms with van der Waals surface area (Å²) in [6.07, 6.45) is 0.298. The number of thiophene rings is 1. The van der Waals surface area contributed by atoms with E-state index in [2.05, 4.69) is 41.7 Å². The van der Waals surface area contributed by atoms with Gasteiger partial charge in [-0.3, -0.25) is 4.79 Å². The van der Waals surface area contributed by atoms with Gasteiger partial charge in [-0.25, -0.2) is 4.98 Å². The van der Waals surface area contributed by atoms with Crippen molar-refractivity contribution in [2.45, 2.75) is 26.2 Å². The van der Waals surface area contributed by atoms with Gasteiger partial charge in [-0.1, -0.05) is 26.0 Å². The molecule has 1 aromatic carbocycles. The lowest BCUT2D eigenvalue weighted by Crippen LogP contribution is -2.14. The van der Waals surface area contributed by atoms with E-state index in [4.69, 9.17) is 0 Å². The molecule has 0 fully saturated rings. The zero-order chi connectivity index (χ0) is 16.2. The van der Waals surface area contributed by atoms with Crippen LogP contribution >= 0.6 is 22.7 Å². The second kappa shape index (κ2) is 7.06. The van der Waals surface area contributed by atoms with Gasteiger partial charge >= 0.3 is 0 Å². The molecule has 2 heterocycles. The van der Waals surface area contributed by atoms with Gasteiger partial charge in [-0.05, 0) is 35.1 Å². The number of benzene rings is 1. The summed E-state index contributed by atoms with van der Waals surface area (Å²) < 4.78 is 0. The highest BCUT2D eigenvalue weighted by Gasteiger charge is 2.10. The predicted molar refractivity (Wildman–Crippen MR) is 98.3 cm³/mol. The minimum Gasteiger partial charge on any atom is -0.326 e. The monoisotopic (exact) mass is 342 g/mol. The Kier molecular flexibility index (Phi) is 4.88. The summed E-state index contributed by atoms with van der Waals surface area (Å²) in [4.78, 5) is 16.7. The molecule has 118 valence electrons. The molecule has 5 heteroatoms. The third-order valence-corrected chi connectivity index (χ3v) is 5.15. The van der Waals surface area contributed by atoms with Crippen LogP contribution in [-0.2, 0) is 11.2 Å². The lowest BCUT2D eigenvalue weighted by atomic mass is 10.0. The van der Waals surface area contributed by atoms with Gasteiger partial charge in [-0.2, -0.15) is 11.3 Å². The fourth-order valence-corrected chi connectivity index (χ4v) is 3.76. The molecule has 2 aromatic heterocycles. The summed E-state index contributed by atoms with van der Waals surface area (Å²) in [5.41, 5.74) is 4.03. The third kappa shape index (κ3) is 4.06. The average Bonchev–Trinajstić information content (AvgIpc) is 3.18. The zero-order valence-corrected chi connectivity index (χ0v) is 14.7. The molecule has 0 spiro atoms. The molecular weight excluding hydrogens is 324 g/mol. The molecule has 23 heavy (non-hydrogen) atoms. The first-order chi connectivity index (χ1) is 11.1. The molecule has 0 bridgehead atoms. The van der Waals surface area contributed by atoms with Crippen molar-refractivity contribution in [3.8, 4) is 10.6 Å². The van der Waals surface area contributed by atoms with Crippen LogP contribution < -0.4 is 5.32 Å². The van der Waals surface area contributed by atoms with E-state index in [1.807, 2.05) is 29.0 Å². The van der Waals surface area contributed by atoms with Gasteiger partial charge < -0.3 is 5.32 Å². The van der Waals surface area contributed by atoms with Crippen molar-refractivity contribution < 1.29 is 4.79 Å². The molecule has 3 rings (SSSR count). The standard InChI is InChI=1S/C18H18N2OS2/c1-12(2)13-3-5-15(6-4-13)19-17(21)9-16-11-23-18(20-16)14-7-8-22-10-14/h3-8,10-12H,9H2,1-2H3,(H,19,21). The highest BCUT2D eigenvalue weighted by Crippen LogP contribution is 2.26. The van der Waals surface area contributed by atoms with E-state index in [0.717, 1.165) is 22.0 Å². The first-order valence-electron chi connectivity index (χ1n) is 7.48. The molecule has 0 radical (unpaired) electrons. The Bertz CT molecular complexity index is 774. The van der Waals surface area contributed by atoms with Crippen molar-refractivity contribution in [3.63, 3.8) is 0 Å². The maximum absolute atomic E-state index is 12.2. The number of aromatic nitrogens is 1. The summed E-state index contributed by atoms with van der Waals surface area (Å²) in [7, 11) is 0. The van der Waals surface area contributed by atoms with Gasteiger partial charge in [0.25, 0.3) is 0 Å². The molecule has 0 unspecified atom stereocenters. The maximum Gasteiger partial charge on any atom is 0.230 e. The Balaban J connectivity index is 1.61. The lowest BCUT2D eigenvalue weighted by Gasteiger charge is -2.08. The van der Waals surface area contributed by atoms with Crippen molar-refractivity contribution in [3.05, 3.63) is 57.7 Å². The van der Waals surface area contributed by atoms with E-state index in [-0.39, 0.29) is 5.91 Å². The predicted octanol–water partition coefficient (Wildman–Crippen LogP) is 5.18. The first-order valence-corrected chi connectivity index (χ1v) is 9.31. The van der Waals surface area contributed by atoms with Gasteiger partial charge in [0.05, 0.1) is 12.1 Å². The van der Waals surface area contributed by atoms with Crippen molar-refractivity contribution in [2.24, 2.45) is 0 Å². The molecule has 0 atom stereocenters. The van der Waals surface area contributed by atoms with E-state index in [9.17, 15) is 4.79 Å². The molecule has 1 amide bonds. The van der Waals surface area contributed by atoms with Gasteiger partial charge in [0.2, 0.25) is 5.91 Å². The normalized spacial score (nSPS) is 10.9.